The van der Waals surface area contributed by atoms with Crippen LogP contribution < -0.4 is 15.4 Å². The zero-order valence-corrected chi connectivity index (χ0v) is 13.1. The highest BCUT2D eigenvalue weighted by Crippen LogP contribution is 2.19. The summed E-state index contributed by atoms with van der Waals surface area (Å²) in [7, 11) is 2.81. The zero-order valence-electron chi connectivity index (χ0n) is 13.1. The van der Waals surface area contributed by atoms with Crippen LogP contribution in [0.25, 0.3) is 0 Å². The van der Waals surface area contributed by atoms with Crippen LogP contribution in [0.5, 0.6) is 5.75 Å². The summed E-state index contributed by atoms with van der Waals surface area (Å²) in [6.07, 6.45) is 0.976. The lowest BCUT2D eigenvalue weighted by molar-refractivity contribution is -0.145. The van der Waals surface area contributed by atoms with E-state index < -0.39 is 18.1 Å². The molecule has 2 amide bonds. The van der Waals surface area contributed by atoms with E-state index in [0.717, 1.165) is 5.56 Å². The van der Waals surface area contributed by atoms with Gasteiger partial charge in [0.05, 0.1) is 14.2 Å². The van der Waals surface area contributed by atoms with Gasteiger partial charge in [-0.1, -0.05) is 18.2 Å². The molecule has 1 aromatic carbocycles. The molecule has 1 aliphatic heterocycles. The minimum Gasteiger partial charge on any atom is -0.496 e. The Labute approximate surface area is 134 Å². The molecule has 7 nitrogen and oxygen atoms in total. The van der Waals surface area contributed by atoms with Crippen LogP contribution in [0.15, 0.2) is 24.3 Å². The molecule has 1 fully saturated rings. The lowest BCUT2D eigenvalue weighted by Crippen LogP contribution is -2.50. The van der Waals surface area contributed by atoms with Crippen molar-refractivity contribution >= 4 is 17.8 Å². The number of nitrogens with one attached hydrogen (secondary N) is 2. The summed E-state index contributed by atoms with van der Waals surface area (Å²) in [6.45, 7) is 0. The van der Waals surface area contributed by atoms with Gasteiger partial charge < -0.3 is 20.1 Å². The molecule has 0 aliphatic carbocycles. The molecule has 0 bridgehead atoms. The third kappa shape index (κ3) is 4.21. The number of ether oxygens (including phenoxy) is 2. The summed E-state index contributed by atoms with van der Waals surface area (Å²) in [6, 6.07) is 5.79. The summed E-state index contributed by atoms with van der Waals surface area (Å²) in [5, 5.41) is 5.22. The molecule has 23 heavy (non-hydrogen) atoms. The van der Waals surface area contributed by atoms with Crippen molar-refractivity contribution < 1.29 is 23.9 Å². The van der Waals surface area contributed by atoms with Gasteiger partial charge in [-0.3, -0.25) is 9.59 Å². The van der Waals surface area contributed by atoms with Crippen LogP contribution in [-0.4, -0.2) is 44.1 Å². The summed E-state index contributed by atoms with van der Waals surface area (Å²) in [5.41, 5.74) is 0.779. The SMILES string of the molecule is COC(=O)[C@@H](Cc1ccccc1OC)NC(=O)[C@@H]1CCC(=O)N1. The van der Waals surface area contributed by atoms with Crippen LogP contribution >= 0.6 is 0 Å². The molecule has 1 saturated heterocycles. The third-order valence-electron chi connectivity index (χ3n) is 3.73. The molecule has 0 aromatic heterocycles. The van der Waals surface area contributed by atoms with E-state index in [0.29, 0.717) is 18.6 Å². The average molecular weight is 320 g/mol. The fourth-order valence-electron chi connectivity index (χ4n) is 2.51. The maximum Gasteiger partial charge on any atom is 0.328 e. The van der Waals surface area contributed by atoms with E-state index in [1.165, 1.54) is 7.11 Å². The fraction of sp³-hybridized carbons (Fsp3) is 0.438. The van der Waals surface area contributed by atoms with Crippen molar-refractivity contribution in [1.82, 2.24) is 10.6 Å². The predicted octanol–water partition coefficient (Wildman–Crippen LogP) is 0.174. The first-order valence-corrected chi connectivity index (χ1v) is 7.34. The van der Waals surface area contributed by atoms with E-state index in [1.807, 2.05) is 18.2 Å². The highest BCUT2D eigenvalue weighted by atomic mass is 16.5. The van der Waals surface area contributed by atoms with E-state index >= 15 is 0 Å². The molecule has 0 radical (unpaired) electrons. The van der Waals surface area contributed by atoms with Gasteiger partial charge in [0.15, 0.2) is 0 Å². The highest BCUT2D eigenvalue weighted by Gasteiger charge is 2.31. The lowest BCUT2D eigenvalue weighted by Gasteiger charge is -2.20. The minimum absolute atomic E-state index is 0.163. The normalized spacial score (nSPS) is 18.0. The average Bonchev–Trinajstić information content (AvgIpc) is 3.00. The molecule has 0 unspecified atom stereocenters. The molecule has 0 saturated carbocycles. The molecular weight excluding hydrogens is 300 g/mol. The number of para-hydroxylation sites is 1. The molecule has 0 spiro atoms. The number of amides is 2. The van der Waals surface area contributed by atoms with Gasteiger partial charge in [0.2, 0.25) is 11.8 Å². The van der Waals surface area contributed by atoms with Crippen LogP contribution in [0.3, 0.4) is 0 Å². The molecule has 2 rings (SSSR count). The number of rotatable bonds is 6. The van der Waals surface area contributed by atoms with Crippen LogP contribution in [0, 0.1) is 0 Å². The summed E-state index contributed by atoms with van der Waals surface area (Å²) >= 11 is 0. The number of carbonyl (C=O) groups is 3. The Morgan fingerprint density at radius 1 is 1.35 bits per heavy atom. The van der Waals surface area contributed by atoms with E-state index in [-0.39, 0.29) is 18.2 Å². The molecule has 7 heteroatoms. The second kappa shape index (κ2) is 7.62. The Balaban J connectivity index is 2.09. The van der Waals surface area contributed by atoms with Gasteiger partial charge in [0.1, 0.15) is 17.8 Å². The number of benzene rings is 1. The molecule has 1 aromatic rings. The largest absolute Gasteiger partial charge is 0.496 e. The Hall–Kier alpha value is -2.57. The van der Waals surface area contributed by atoms with E-state index in [4.69, 9.17) is 9.47 Å². The van der Waals surface area contributed by atoms with E-state index in [2.05, 4.69) is 10.6 Å². The number of carbonyl (C=O) groups excluding carboxylic acids is 3. The van der Waals surface area contributed by atoms with Gasteiger partial charge in [-0.2, -0.15) is 0 Å². The van der Waals surface area contributed by atoms with Crippen molar-refractivity contribution in [3.63, 3.8) is 0 Å². The Kier molecular flexibility index (Phi) is 5.56. The van der Waals surface area contributed by atoms with Crippen molar-refractivity contribution in [3.05, 3.63) is 29.8 Å². The zero-order chi connectivity index (χ0) is 16.8. The first-order valence-electron chi connectivity index (χ1n) is 7.34. The van der Waals surface area contributed by atoms with E-state index in [1.54, 1.807) is 13.2 Å². The van der Waals surface area contributed by atoms with Crippen molar-refractivity contribution in [2.75, 3.05) is 14.2 Å². The maximum absolute atomic E-state index is 12.2. The van der Waals surface area contributed by atoms with Crippen molar-refractivity contribution in [2.45, 2.75) is 31.3 Å². The number of hydrogen-bond donors (Lipinski definition) is 2. The van der Waals surface area contributed by atoms with Gasteiger partial charge in [0.25, 0.3) is 0 Å². The quantitative estimate of drug-likeness (QED) is 0.729. The highest BCUT2D eigenvalue weighted by molar-refractivity contribution is 5.93. The standard InChI is InChI=1S/C16H20N2O5/c1-22-13-6-4-3-5-10(13)9-12(16(21)23-2)18-15(20)11-7-8-14(19)17-11/h3-6,11-12H,7-9H2,1-2H3,(H,17,19)(H,18,20)/t11-,12+/m0/s1. The van der Waals surface area contributed by atoms with Crippen molar-refractivity contribution in [3.8, 4) is 5.75 Å². The van der Waals surface area contributed by atoms with Crippen LogP contribution in [0.2, 0.25) is 0 Å². The first-order chi connectivity index (χ1) is 11.0. The Morgan fingerprint density at radius 2 is 2.09 bits per heavy atom. The molecular formula is C16H20N2O5. The van der Waals surface area contributed by atoms with Crippen LogP contribution in [0.4, 0.5) is 0 Å². The number of hydrogen-bond acceptors (Lipinski definition) is 5. The molecule has 2 N–H and O–H groups in total. The fourth-order valence-corrected chi connectivity index (χ4v) is 2.51. The van der Waals surface area contributed by atoms with Gasteiger partial charge in [-0.15, -0.1) is 0 Å². The summed E-state index contributed by atoms with van der Waals surface area (Å²) in [4.78, 5) is 35.4. The first kappa shape index (κ1) is 16.8. The smallest absolute Gasteiger partial charge is 0.328 e. The molecule has 1 heterocycles. The van der Waals surface area contributed by atoms with Gasteiger partial charge in [-0.25, -0.2) is 4.79 Å². The number of esters is 1. The predicted molar refractivity (Wildman–Crippen MR) is 81.8 cm³/mol. The van der Waals surface area contributed by atoms with Gasteiger partial charge in [0, 0.05) is 12.8 Å². The number of methoxy groups -OCH3 is 2. The monoisotopic (exact) mass is 320 g/mol. The van der Waals surface area contributed by atoms with Gasteiger partial charge in [-0.05, 0) is 18.1 Å². The van der Waals surface area contributed by atoms with Crippen molar-refractivity contribution in [1.29, 1.82) is 0 Å². The summed E-state index contributed by atoms with van der Waals surface area (Å²) < 4.78 is 10.0. The Morgan fingerprint density at radius 3 is 2.70 bits per heavy atom. The second-order valence-corrected chi connectivity index (χ2v) is 5.26. The lowest BCUT2D eigenvalue weighted by atomic mass is 10.0. The summed E-state index contributed by atoms with van der Waals surface area (Å²) in [5.74, 6) is -0.468. The second-order valence-electron chi connectivity index (χ2n) is 5.26. The molecule has 1 aliphatic rings. The third-order valence-corrected chi connectivity index (χ3v) is 3.73. The van der Waals surface area contributed by atoms with Crippen molar-refractivity contribution in [2.24, 2.45) is 0 Å². The molecule has 2 atom stereocenters. The maximum atomic E-state index is 12.2. The van der Waals surface area contributed by atoms with Crippen LogP contribution in [-0.2, 0) is 25.5 Å². The van der Waals surface area contributed by atoms with Crippen LogP contribution in [0.1, 0.15) is 18.4 Å². The topological polar surface area (TPSA) is 93.7 Å². The Bertz CT molecular complexity index is 602. The molecule has 124 valence electrons. The minimum atomic E-state index is -0.846. The van der Waals surface area contributed by atoms with E-state index in [9.17, 15) is 14.4 Å². The van der Waals surface area contributed by atoms with Gasteiger partial charge >= 0.3 is 5.97 Å².